The normalized spacial score (nSPS) is 12.4. The molecule has 2 rings (SSSR count). The molecule has 0 heterocycles. The van der Waals surface area contributed by atoms with Crippen LogP contribution in [0.5, 0.6) is 0 Å². The molecule has 1 unspecified atom stereocenters. The summed E-state index contributed by atoms with van der Waals surface area (Å²) in [6, 6.07) is 12.4. The van der Waals surface area contributed by atoms with Gasteiger partial charge >= 0.3 is 0 Å². The van der Waals surface area contributed by atoms with E-state index in [2.05, 4.69) is 12.2 Å². The Labute approximate surface area is 135 Å². The summed E-state index contributed by atoms with van der Waals surface area (Å²) in [4.78, 5) is 0. The Morgan fingerprint density at radius 2 is 1.86 bits per heavy atom. The average Bonchev–Trinajstić information content (AvgIpc) is 2.47. The smallest absolute Gasteiger partial charge is 0.126 e. The maximum absolute atomic E-state index is 13.9. The fourth-order valence-electron chi connectivity index (χ4n) is 2.35. The number of hydrogen-bond donors (Lipinski definition) is 1. The van der Waals surface area contributed by atoms with E-state index in [-0.39, 0.29) is 11.7 Å². The highest BCUT2D eigenvalue weighted by atomic mass is 35.5. The zero-order valence-electron chi connectivity index (χ0n) is 11.9. The van der Waals surface area contributed by atoms with Crippen molar-refractivity contribution in [1.29, 1.82) is 0 Å². The number of halogens is 3. The van der Waals surface area contributed by atoms with E-state index >= 15 is 0 Å². The van der Waals surface area contributed by atoms with Gasteiger partial charge in [0.25, 0.3) is 0 Å². The minimum Gasteiger partial charge on any atom is -0.316 e. The van der Waals surface area contributed by atoms with E-state index in [1.54, 1.807) is 12.1 Å². The van der Waals surface area contributed by atoms with Crippen LogP contribution in [0.15, 0.2) is 42.5 Å². The van der Waals surface area contributed by atoms with Gasteiger partial charge in [-0.05, 0) is 54.4 Å². The van der Waals surface area contributed by atoms with Crippen LogP contribution in [0.4, 0.5) is 4.39 Å². The number of hydrogen-bond acceptors (Lipinski definition) is 1. The molecule has 0 fully saturated rings. The Hall–Kier alpha value is -1.09. The molecular formula is C17H18Cl2FN. The van der Waals surface area contributed by atoms with Gasteiger partial charge in [0.15, 0.2) is 0 Å². The maximum atomic E-state index is 13.9. The van der Waals surface area contributed by atoms with Gasteiger partial charge in [-0.2, -0.15) is 0 Å². The predicted molar refractivity (Wildman–Crippen MR) is 87.9 cm³/mol. The second-order valence-corrected chi connectivity index (χ2v) is 5.87. The van der Waals surface area contributed by atoms with Crippen LogP contribution in [-0.2, 0) is 6.42 Å². The molecule has 2 aromatic carbocycles. The molecule has 2 aromatic rings. The molecule has 0 spiro atoms. The molecule has 0 bridgehead atoms. The van der Waals surface area contributed by atoms with Crippen molar-refractivity contribution in [3.8, 4) is 0 Å². The second kappa shape index (κ2) is 7.79. The van der Waals surface area contributed by atoms with Crippen LogP contribution in [0, 0.1) is 5.82 Å². The van der Waals surface area contributed by atoms with E-state index < -0.39 is 0 Å². The highest BCUT2D eigenvalue weighted by Gasteiger charge is 2.15. The van der Waals surface area contributed by atoms with Gasteiger partial charge in [0, 0.05) is 22.5 Å². The first kappa shape index (κ1) is 16.3. The summed E-state index contributed by atoms with van der Waals surface area (Å²) in [5.74, 6) is -0.0699. The molecule has 0 saturated carbocycles. The van der Waals surface area contributed by atoms with Crippen LogP contribution >= 0.6 is 23.2 Å². The quantitative estimate of drug-likeness (QED) is 0.782. The zero-order chi connectivity index (χ0) is 15.2. The van der Waals surface area contributed by atoms with Gasteiger partial charge < -0.3 is 5.32 Å². The minimum absolute atomic E-state index is 0.150. The third kappa shape index (κ3) is 4.70. The molecule has 0 aromatic heterocycles. The van der Waals surface area contributed by atoms with Crippen LogP contribution in [0.1, 0.15) is 24.0 Å². The van der Waals surface area contributed by atoms with Gasteiger partial charge in [0.1, 0.15) is 5.82 Å². The molecule has 112 valence electrons. The topological polar surface area (TPSA) is 12.0 Å². The average molecular weight is 326 g/mol. The van der Waals surface area contributed by atoms with Crippen LogP contribution in [0.3, 0.4) is 0 Å². The summed E-state index contributed by atoms with van der Waals surface area (Å²) in [6.45, 7) is 3.69. The molecule has 0 aliphatic carbocycles. The molecule has 0 saturated heterocycles. The van der Waals surface area contributed by atoms with E-state index in [0.29, 0.717) is 22.0 Å². The SMILES string of the molecule is CCNCC(Cc1cc(Cl)ccc1F)c1cccc(Cl)c1. The Morgan fingerprint density at radius 1 is 1.10 bits per heavy atom. The molecule has 4 heteroatoms. The van der Waals surface area contributed by atoms with Crippen LogP contribution in [0.2, 0.25) is 10.0 Å². The summed E-state index contributed by atoms with van der Waals surface area (Å²) in [6.07, 6.45) is 0.583. The predicted octanol–water partition coefficient (Wildman–Crippen LogP) is 5.07. The van der Waals surface area contributed by atoms with Crippen molar-refractivity contribution < 1.29 is 4.39 Å². The number of nitrogens with one attached hydrogen (secondary N) is 1. The Kier molecular flexibility index (Phi) is 6.04. The lowest BCUT2D eigenvalue weighted by atomic mass is 9.91. The van der Waals surface area contributed by atoms with Crippen molar-refractivity contribution in [3.63, 3.8) is 0 Å². The molecule has 0 radical (unpaired) electrons. The third-order valence-electron chi connectivity index (χ3n) is 3.43. The molecule has 0 aliphatic rings. The Bertz CT molecular complexity index is 601. The molecule has 0 aliphatic heterocycles. The first-order valence-electron chi connectivity index (χ1n) is 7.00. The van der Waals surface area contributed by atoms with Crippen molar-refractivity contribution in [3.05, 3.63) is 69.5 Å². The lowest BCUT2D eigenvalue weighted by Crippen LogP contribution is -2.23. The van der Waals surface area contributed by atoms with Crippen molar-refractivity contribution >= 4 is 23.2 Å². The summed E-state index contributed by atoms with van der Waals surface area (Å²) in [5.41, 5.74) is 1.73. The monoisotopic (exact) mass is 325 g/mol. The van der Waals surface area contributed by atoms with Crippen LogP contribution < -0.4 is 5.32 Å². The highest BCUT2D eigenvalue weighted by molar-refractivity contribution is 6.30. The van der Waals surface area contributed by atoms with Crippen molar-refractivity contribution in [2.24, 2.45) is 0 Å². The first-order chi connectivity index (χ1) is 10.1. The van der Waals surface area contributed by atoms with Gasteiger partial charge in [0.2, 0.25) is 0 Å². The van der Waals surface area contributed by atoms with Gasteiger partial charge in [-0.1, -0.05) is 42.3 Å². The van der Waals surface area contributed by atoms with E-state index in [0.717, 1.165) is 18.7 Å². The van der Waals surface area contributed by atoms with Gasteiger partial charge in [-0.25, -0.2) is 4.39 Å². The maximum Gasteiger partial charge on any atom is 0.126 e. The molecule has 1 nitrogen and oxygen atoms in total. The van der Waals surface area contributed by atoms with Gasteiger partial charge in [-0.15, -0.1) is 0 Å². The lowest BCUT2D eigenvalue weighted by Gasteiger charge is -2.19. The van der Waals surface area contributed by atoms with Crippen molar-refractivity contribution in [1.82, 2.24) is 5.32 Å². The molecule has 1 N–H and O–H groups in total. The largest absolute Gasteiger partial charge is 0.316 e. The van der Waals surface area contributed by atoms with Crippen molar-refractivity contribution in [2.45, 2.75) is 19.3 Å². The minimum atomic E-state index is -0.220. The van der Waals surface area contributed by atoms with E-state index in [1.165, 1.54) is 6.07 Å². The van der Waals surface area contributed by atoms with Crippen LogP contribution in [-0.4, -0.2) is 13.1 Å². The van der Waals surface area contributed by atoms with Gasteiger partial charge in [0.05, 0.1) is 0 Å². The summed E-state index contributed by atoms with van der Waals surface area (Å²) < 4.78 is 13.9. The molecular weight excluding hydrogens is 308 g/mol. The summed E-state index contributed by atoms with van der Waals surface area (Å²) in [7, 11) is 0. The molecule has 21 heavy (non-hydrogen) atoms. The summed E-state index contributed by atoms with van der Waals surface area (Å²) >= 11 is 12.0. The van der Waals surface area contributed by atoms with E-state index in [1.807, 2.05) is 24.3 Å². The summed E-state index contributed by atoms with van der Waals surface area (Å²) in [5, 5.41) is 4.57. The lowest BCUT2D eigenvalue weighted by molar-refractivity contribution is 0.562. The number of benzene rings is 2. The standard InChI is InChI=1S/C17H18Cl2FN/c1-2-21-11-14(12-4-3-5-15(18)9-12)8-13-10-16(19)6-7-17(13)20/h3-7,9-10,14,21H,2,8,11H2,1H3. The fraction of sp³-hybridized carbons (Fsp3) is 0.294. The molecule has 0 amide bonds. The van der Waals surface area contributed by atoms with E-state index in [9.17, 15) is 4.39 Å². The number of rotatable bonds is 6. The fourth-order valence-corrected chi connectivity index (χ4v) is 2.75. The van der Waals surface area contributed by atoms with E-state index in [4.69, 9.17) is 23.2 Å². The molecule has 1 atom stereocenters. The third-order valence-corrected chi connectivity index (χ3v) is 3.91. The highest BCUT2D eigenvalue weighted by Crippen LogP contribution is 2.25. The first-order valence-corrected chi connectivity index (χ1v) is 7.76. The van der Waals surface area contributed by atoms with Gasteiger partial charge in [-0.3, -0.25) is 0 Å². The van der Waals surface area contributed by atoms with Crippen LogP contribution in [0.25, 0.3) is 0 Å². The second-order valence-electron chi connectivity index (χ2n) is 5.00. The van der Waals surface area contributed by atoms with Crippen molar-refractivity contribution in [2.75, 3.05) is 13.1 Å². The Morgan fingerprint density at radius 3 is 2.57 bits per heavy atom. The zero-order valence-corrected chi connectivity index (χ0v) is 13.4. The Balaban J connectivity index is 2.25. The number of likely N-dealkylation sites (N-methyl/N-ethyl adjacent to an activating group) is 1.